The fourth-order valence-electron chi connectivity index (χ4n) is 0.901. The number of nitrogens with two attached hydrogens (primary N) is 1. The van der Waals surface area contributed by atoms with Crippen molar-refractivity contribution in [2.45, 2.75) is 23.6 Å². The maximum absolute atomic E-state index is 10.8. The van der Waals surface area contributed by atoms with Gasteiger partial charge in [-0.2, -0.15) is 0 Å². The summed E-state index contributed by atoms with van der Waals surface area (Å²) in [5.41, 5.74) is 2.11. The summed E-state index contributed by atoms with van der Waals surface area (Å²) >= 11 is 3.38. The predicted molar refractivity (Wildman–Crippen MR) is 59.0 cm³/mol. The zero-order chi connectivity index (χ0) is 10.2. The molecule has 0 aliphatic rings. The van der Waals surface area contributed by atoms with E-state index in [1.54, 1.807) is 29.3 Å². The highest BCUT2D eigenvalue weighted by Crippen LogP contribution is 2.21. The summed E-state index contributed by atoms with van der Waals surface area (Å²) < 4.78 is 1.09. The van der Waals surface area contributed by atoms with Crippen LogP contribution >= 0.6 is 23.1 Å². The number of hydrogen-bond acceptors (Lipinski definition) is 5. The van der Waals surface area contributed by atoms with E-state index in [2.05, 4.69) is 10.4 Å². The molecular formula is C8H13N3OS2. The number of rotatable bonds is 6. The zero-order valence-corrected chi connectivity index (χ0v) is 9.37. The second-order valence-electron chi connectivity index (χ2n) is 2.67. The number of thiazole rings is 1. The van der Waals surface area contributed by atoms with Gasteiger partial charge in [0.25, 0.3) is 0 Å². The van der Waals surface area contributed by atoms with Gasteiger partial charge in [0.1, 0.15) is 4.34 Å². The van der Waals surface area contributed by atoms with Gasteiger partial charge in [0, 0.05) is 23.8 Å². The normalized spacial score (nSPS) is 10.1. The minimum absolute atomic E-state index is 0.0933. The molecule has 1 amide bonds. The largest absolute Gasteiger partial charge is 0.294 e. The first-order chi connectivity index (χ1) is 6.83. The highest BCUT2D eigenvalue weighted by atomic mass is 32.2. The van der Waals surface area contributed by atoms with Crippen molar-refractivity contribution >= 4 is 29.0 Å². The number of nitrogens with one attached hydrogen (secondary N) is 1. The van der Waals surface area contributed by atoms with Crippen LogP contribution in [0.2, 0.25) is 0 Å². The van der Waals surface area contributed by atoms with E-state index in [-0.39, 0.29) is 5.91 Å². The van der Waals surface area contributed by atoms with E-state index in [9.17, 15) is 4.79 Å². The van der Waals surface area contributed by atoms with Gasteiger partial charge in [-0.1, -0.05) is 11.8 Å². The van der Waals surface area contributed by atoms with Crippen molar-refractivity contribution in [3.05, 3.63) is 11.6 Å². The van der Waals surface area contributed by atoms with Gasteiger partial charge in [-0.05, 0) is 12.8 Å². The number of nitrogens with zero attached hydrogens (tertiary/aromatic N) is 1. The third kappa shape index (κ3) is 4.59. The summed E-state index contributed by atoms with van der Waals surface area (Å²) in [6.45, 7) is 0. The van der Waals surface area contributed by atoms with Crippen LogP contribution in [-0.4, -0.2) is 16.6 Å². The Hall–Kier alpha value is -0.590. The molecule has 0 bridgehead atoms. The Kier molecular flexibility index (Phi) is 5.58. The molecule has 0 saturated carbocycles. The van der Waals surface area contributed by atoms with E-state index in [0.717, 1.165) is 22.9 Å². The summed E-state index contributed by atoms with van der Waals surface area (Å²) in [4.78, 5) is 14.9. The number of thioether (sulfide) groups is 1. The molecule has 0 aliphatic heterocycles. The molecule has 0 spiro atoms. The third-order valence-electron chi connectivity index (χ3n) is 1.59. The van der Waals surface area contributed by atoms with Crippen molar-refractivity contribution in [3.8, 4) is 0 Å². The van der Waals surface area contributed by atoms with Gasteiger partial charge >= 0.3 is 0 Å². The van der Waals surface area contributed by atoms with Crippen molar-refractivity contribution in [3.63, 3.8) is 0 Å². The Balaban J connectivity index is 1.97. The summed E-state index contributed by atoms with van der Waals surface area (Å²) in [7, 11) is 0. The Morgan fingerprint density at radius 2 is 2.50 bits per heavy atom. The fraction of sp³-hybridized carbons (Fsp3) is 0.500. The molecule has 14 heavy (non-hydrogen) atoms. The molecule has 4 nitrogen and oxygen atoms in total. The molecule has 0 radical (unpaired) electrons. The van der Waals surface area contributed by atoms with Crippen molar-refractivity contribution in [2.24, 2.45) is 5.84 Å². The SMILES string of the molecule is NNC(=O)CCCCSc1nccs1. The number of carbonyl (C=O) groups is 1. The molecule has 1 aromatic heterocycles. The molecular weight excluding hydrogens is 218 g/mol. The Bertz CT molecular complexity index is 264. The molecule has 0 saturated heterocycles. The number of hydrazine groups is 1. The average molecular weight is 231 g/mol. The first kappa shape index (κ1) is 11.5. The van der Waals surface area contributed by atoms with Crippen LogP contribution < -0.4 is 11.3 Å². The van der Waals surface area contributed by atoms with E-state index in [1.807, 2.05) is 5.38 Å². The molecule has 1 rings (SSSR count). The van der Waals surface area contributed by atoms with E-state index >= 15 is 0 Å². The molecule has 0 aromatic carbocycles. The lowest BCUT2D eigenvalue weighted by atomic mass is 10.2. The van der Waals surface area contributed by atoms with Crippen LogP contribution in [0.1, 0.15) is 19.3 Å². The monoisotopic (exact) mass is 231 g/mol. The molecule has 1 heterocycles. The number of carbonyl (C=O) groups excluding carboxylic acids is 1. The topological polar surface area (TPSA) is 68.0 Å². The Morgan fingerprint density at radius 1 is 1.64 bits per heavy atom. The van der Waals surface area contributed by atoms with Crippen LogP contribution in [-0.2, 0) is 4.79 Å². The smallest absolute Gasteiger partial charge is 0.233 e. The maximum atomic E-state index is 10.8. The van der Waals surface area contributed by atoms with Crippen molar-refractivity contribution in [1.82, 2.24) is 10.4 Å². The van der Waals surface area contributed by atoms with E-state index in [0.29, 0.717) is 6.42 Å². The van der Waals surface area contributed by atoms with Gasteiger partial charge in [0.15, 0.2) is 0 Å². The second kappa shape index (κ2) is 6.80. The van der Waals surface area contributed by atoms with Gasteiger partial charge in [0.2, 0.25) is 5.91 Å². The van der Waals surface area contributed by atoms with Gasteiger partial charge in [-0.3, -0.25) is 10.2 Å². The van der Waals surface area contributed by atoms with Crippen LogP contribution in [0.3, 0.4) is 0 Å². The zero-order valence-electron chi connectivity index (χ0n) is 7.73. The molecule has 3 N–H and O–H groups in total. The van der Waals surface area contributed by atoms with Gasteiger partial charge in [-0.15, -0.1) is 11.3 Å². The Morgan fingerprint density at radius 3 is 3.14 bits per heavy atom. The Labute approximate surface area is 91.3 Å². The third-order valence-corrected chi connectivity index (χ3v) is 3.65. The molecule has 78 valence electrons. The summed E-state index contributed by atoms with van der Waals surface area (Å²) in [5, 5.41) is 1.96. The first-order valence-corrected chi connectivity index (χ1v) is 6.21. The fourth-order valence-corrected chi connectivity index (χ4v) is 2.61. The molecule has 0 fully saturated rings. The molecule has 0 atom stereocenters. The first-order valence-electron chi connectivity index (χ1n) is 4.34. The van der Waals surface area contributed by atoms with Crippen molar-refractivity contribution in [1.29, 1.82) is 0 Å². The predicted octanol–water partition coefficient (Wildman–Crippen LogP) is 1.40. The quantitative estimate of drug-likeness (QED) is 0.255. The maximum Gasteiger partial charge on any atom is 0.233 e. The van der Waals surface area contributed by atoms with Crippen LogP contribution in [0.4, 0.5) is 0 Å². The number of aromatic nitrogens is 1. The van der Waals surface area contributed by atoms with Crippen molar-refractivity contribution < 1.29 is 4.79 Å². The summed E-state index contributed by atoms with van der Waals surface area (Å²) in [6, 6.07) is 0. The minimum Gasteiger partial charge on any atom is -0.294 e. The van der Waals surface area contributed by atoms with Crippen LogP contribution in [0, 0.1) is 0 Å². The van der Waals surface area contributed by atoms with Crippen LogP contribution in [0.15, 0.2) is 15.9 Å². The lowest BCUT2D eigenvalue weighted by molar-refractivity contribution is -0.121. The van der Waals surface area contributed by atoms with E-state index in [4.69, 9.17) is 5.84 Å². The van der Waals surface area contributed by atoms with E-state index in [1.165, 1.54) is 0 Å². The lowest BCUT2D eigenvalue weighted by Gasteiger charge is -1.98. The van der Waals surface area contributed by atoms with Gasteiger partial charge in [0.05, 0.1) is 0 Å². The van der Waals surface area contributed by atoms with Crippen molar-refractivity contribution in [2.75, 3.05) is 5.75 Å². The van der Waals surface area contributed by atoms with Crippen LogP contribution in [0.5, 0.6) is 0 Å². The highest BCUT2D eigenvalue weighted by Gasteiger charge is 1.99. The van der Waals surface area contributed by atoms with E-state index < -0.39 is 0 Å². The number of amides is 1. The molecule has 6 heteroatoms. The molecule has 0 unspecified atom stereocenters. The lowest BCUT2D eigenvalue weighted by Crippen LogP contribution is -2.29. The number of hydrogen-bond donors (Lipinski definition) is 2. The highest BCUT2D eigenvalue weighted by molar-refractivity contribution is 8.00. The minimum atomic E-state index is -0.0933. The average Bonchev–Trinajstić information content (AvgIpc) is 2.69. The van der Waals surface area contributed by atoms with Gasteiger partial charge < -0.3 is 0 Å². The number of unbranched alkanes of at least 4 members (excludes halogenated alkanes) is 1. The standard InChI is InChI=1S/C8H13N3OS2/c9-11-7(12)3-1-2-5-13-8-10-4-6-14-8/h4,6H,1-3,5,9H2,(H,11,12). The molecule has 1 aromatic rings. The van der Waals surface area contributed by atoms with Gasteiger partial charge in [-0.25, -0.2) is 10.8 Å². The van der Waals surface area contributed by atoms with Crippen LogP contribution in [0.25, 0.3) is 0 Å². The molecule has 0 aliphatic carbocycles. The summed E-state index contributed by atoms with van der Waals surface area (Å²) in [5.74, 6) is 5.86. The second-order valence-corrected chi connectivity index (χ2v) is 4.91. The summed E-state index contributed by atoms with van der Waals surface area (Å²) in [6.07, 6.45) is 4.20.